The Labute approximate surface area is 217 Å². The molecule has 1 aliphatic heterocycles. The summed E-state index contributed by atoms with van der Waals surface area (Å²) in [6.45, 7) is 6.30. The van der Waals surface area contributed by atoms with Crippen molar-refractivity contribution in [3.8, 4) is 5.75 Å². The van der Waals surface area contributed by atoms with Gasteiger partial charge in [-0.2, -0.15) is 0 Å². The van der Waals surface area contributed by atoms with Crippen LogP contribution in [0.5, 0.6) is 5.75 Å². The fourth-order valence-corrected chi connectivity index (χ4v) is 4.45. The van der Waals surface area contributed by atoms with E-state index < -0.39 is 35.6 Å². The van der Waals surface area contributed by atoms with E-state index in [1.54, 1.807) is 32.9 Å². The van der Waals surface area contributed by atoms with Gasteiger partial charge in [-0.25, -0.2) is 4.79 Å². The number of phenolic OH excluding ortho intramolecular Hbond substituents is 1. The molecule has 9 heteroatoms. The molecule has 0 bridgehead atoms. The summed E-state index contributed by atoms with van der Waals surface area (Å²) >= 11 is 6.06. The Balaban J connectivity index is 1.62. The predicted molar refractivity (Wildman–Crippen MR) is 138 cm³/mol. The van der Waals surface area contributed by atoms with E-state index in [1.165, 1.54) is 6.07 Å². The van der Waals surface area contributed by atoms with Crippen molar-refractivity contribution in [2.45, 2.75) is 70.7 Å². The molecule has 0 aromatic heterocycles. The molecule has 3 N–H and O–H groups in total. The van der Waals surface area contributed by atoms with Gasteiger partial charge in [0.25, 0.3) is 0 Å². The van der Waals surface area contributed by atoms with Gasteiger partial charge in [0.2, 0.25) is 11.8 Å². The highest BCUT2D eigenvalue weighted by molar-refractivity contribution is 6.30. The van der Waals surface area contributed by atoms with Crippen LogP contribution in [-0.4, -0.2) is 52.1 Å². The second-order valence-corrected chi connectivity index (χ2v) is 10.5. The lowest BCUT2D eigenvalue weighted by atomic mass is 10.0. The highest BCUT2D eigenvalue weighted by Crippen LogP contribution is 2.27. The van der Waals surface area contributed by atoms with Crippen molar-refractivity contribution < 1.29 is 24.2 Å². The average Bonchev–Trinajstić information content (AvgIpc) is 3.24. The molecule has 1 aliphatic rings. The maximum Gasteiger partial charge on any atom is 0.407 e. The number of benzene rings is 2. The summed E-state index contributed by atoms with van der Waals surface area (Å²) < 4.78 is 5.35. The summed E-state index contributed by atoms with van der Waals surface area (Å²) in [5.74, 6) is -0.761. The molecule has 3 rings (SSSR count). The van der Waals surface area contributed by atoms with Crippen LogP contribution in [-0.2, 0) is 27.3 Å². The van der Waals surface area contributed by atoms with Crippen molar-refractivity contribution in [3.05, 3.63) is 64.7 Å². The molecule has 194 valence electrons. The molecule has 2 aromatic rings. The molecular formula is C27H34ClN3O5. The lowest BCUT2D eigenvalue weighted by Gasteiger charge is -2.25. The van der Waals surface area contributed by atoms with E-state index in [9.17, 15) is 19.5 Å². The number of aromatic hydroxyl groups is 1. The van der Waals surface area contributed by atoms with Crippen LogP contribution in [0, 0.1) is 0 Å². The van der Waals surface area contributed by atoms with Gasteiger partial charge >= 0.3 is 6.09 Å². The smallest absolute Gasteiger partial charge is 0.407 e. The molecule has 2 atom stereocenters. The zero-order valence-corrected chi connectivity index (χ0v) is 21.7. The number of phenols is 1. The maximum atomic E-state index is 13.0. The van der Waals surface area contributed by atoms with Crippen LogP contribution < -0.4 is 10.6 Å². The Hall–Kier alpha value is -3.10. The van der Waals surface area contributed by atoms with Crippen LogP contribution in [0.2, 0.25) is 5.02 Å². The minimum Gasteiger partial charge on any atom is -0.508 e. The third kappa shape index (κ3) is 8.53. The van der Waals surface area contributed by atoms with Crippen LogP contribution in [0.1, 0.15) is 51.2 Å². The third-order valence-corrected chi connectivity index (χ3v) is 6.06. The van der Waals surface area contributed by atoms with Gasteiger partial charge < -0.3 is 15.2 Å². The fraction of sp³-hybridized carbons (Fsp3) is 0.444. The minimum atomic E-state index is -0.678. The number of rotatable bonds is 8. The summed E-state index contributed by atoms with van der Waals surface area (Å²) in [7, 11) is 0. The zero-order chi connectivity index (χ0) is 26.3. The Morgan fingerprint density at radius 1 is 1.17 bits per heavy atom. The topological polar surface area (TPSA) is 108 Å². The predicted octanol–water partition coefficient (Wildman–Crippen LogP) is 4.18. The van der Waals surface area contributed by atoms with E-state index >= 15 is 0 Å². The molecule has 0 radical (unpaired) electrons. The molecule has 1 heterocycles. The van der Waals surface area contributed by atoms with E-state index in [4.69, 9.17) is 16.3 Å². The van der Waals surface area contributed by atoms with Gasteiger partial charge in [-0.15, -0.1) is 0 Å². The molecule has 36 heavy (non-hydrogen) atoms. The lowest BCUT2D eigenvalue weighted by molar-refractivity contribution is -0.133. The fourth-order valence-electron chi connectivity index (χ4n) is 4.25. The van der Waals surface area contributed by atoms with E-state index in [2.05, 4.69) is 10.6 Å². The SMILES string of the molecule is CC(C)(C)OC(=O)N[C@@H](CC(=O)NC(=O)[C@@H]1CCCN1Cc1cc(Cl)ccc1O)Cc1ccccc1. The van der Waals surface area contributed by atoms with Gasteiger partial charge in [-0.1, -0.05) is 41.9 Å². The second-order valence-electron chi connectivity index (χ2n) is 10.1. The number of nitrogens with one attached hydrogen (secondary N) is 2. The number of carbonyl (C=O) groups excluding carboxylic acids is 3. The maximum absolute atomic E-state index is 13.0. The quantitative estimate of drug-likeness (QED) is 0.487. The molecule has 0 aliphatic carbocycles. The van der Waals surface area contributed by atoms with Crippen LogP contribution in [0.25, 0.3) is 0 Å². The molecule has 1 fully saturated rings. The third-order valence-electron chi connectivity index (χ3n) is 5.82. The number of imide groups is 1. The summed E-state index contributed by atoms with van der Waals surface area (Å²) in [6, 6.07) is 13.2. The van der Waals surface area contributed by atoms with Crippen molar-refractivity contribution in [3.63, 3.8) is 0 Å². The molecule has 8 nitrogen and oxygen atoms in total. The molecule has 0 unspecified atom stereocenters. The van der Waals surface area contributed by atoms with Crippen molar-refractivity contribution >= 4 is 29.5 Å². The van der Waals surface area contributed by atoms with Crippen molar-refractivity contribution in [2.75, 3.05) is 6.54 Å². The standard InChI is InChI=1S/C27H34ClN3O5/c1-27(2,3)36-26(35)29-21(14-18-8-5-4-6-9-18)16-24(33)30-25(34)22-10-7-13-31(22)17-19-15-20(28)11-12-23(19)32/h4-6,8-9,11-12,15,21-22,32H,7,10,13-14,16-17H2,1-3H3,(H,29,35)(H,30,33,34)/t21-,22+/m1/s1. The van der Waals surface area contributed by atoms with E-state index in [0.29, 0.717) is 36.5 Å². The first-order valence-corrected chi connectivity index (χ1v) is 12.5. The number of nitrogens with zero attached hydrogens (tertiary/aromatic N) is 1. The molecule has 0 spiro atoms. The normalized spacial score (nSPS) is 16.8. The number of likely N-dealkylation sites (tertiary alicyclic amines) is 1. The van der Waals surface area contributed by atoms with Gasteiger partial charge in [0.1, 0.15) is 11.4 Å². The Morgan fingerprint density at radius 2 is 1.89 bits per heavy atom. The monoisotopic (exact) mass is 515 g/mol. The Bertz CT molecular complexity index is 1070. The van der Waals surface area contributed by atoms with Crippen LogP contribution in [0.3, 0.4) is 0 Å². The first-order chi connectivity index (χ1) is 17.0. The minimum absolute atomic E-state index is 0.0817. The molecule has 1 saturated heterocycles. The average molecular weight is 516 g/mol. The summed E-state index contributed by atoms with van der Waals surface area (Å²) in [4.78, 5) is 40.1. The summed E-state index contributed by atoms with van der Waals surface area (Å²) in [5, 5.41) is 15.9. The number of halogens is 1. The molecular weight excluding hydrogens is 482 g/mol. The number of amides is 3. The lowest BCUT2D eigenvalue weighted by Crippen LogP contribution is -2.48. The van der Waals surface area contributed by atoms with Gasteiger partial charge in [0.05, 0.1) is 6.04 Å². The Kier molecular flexibility index (Phi) is 9.34. The van der Waals surface area contributed by atoms with Crippen LogP contribution in [0.15, 0.2) is 48.5 Å². The van der Waals surface area contributed by atoms with Crippen molar-refractivity contribution in [2.24, 2.45) is 0 Å². The van der Waals surface area contributed by atoms with Gasteiger partial charge in [-0.05, 0) is 70.3 Å². The van der Waals surface area contributed by atoms with Gasteiger partial charge in [0, 0.05) is 29.6 Å². The van der Waals surface area contributed by atoms with E-state index in [-0.39, 0.29) is 12.2 Å². The van der Waals surface area contributed by atoms with Crippen LogP contribution in [0.4, 0.5) is 4.79 Å². The molecule has 3 amide bonds. The second kappa shape index (κ2) is 12.2. The Morgan fingerprint density at radius 3 is 2.58 bits per heavy atom. The number of ether oxygens (including phenoxy) is 1. The summed E-state index contributed by atoms with van der Waals surface area (Å²) in [6.07, 6.45) is 1.10. The number of hydrogen-bond acceptors (Lipinski definition) is 6. The van der Waals surface area contributed by atoms with E-state index in [1.807, 2.05) is 35.2 Å². The molecule has 0 saturated carbocycles. The number of carbonyl (C=O) groups is 3. The molecule has 2 aromatic carbocycles. The number of alkyl carbamates (subject to hydrolysis) is 1. The van der Waals surface area contributed by atoms with Crippen molar-refractivity contribution in [1.29, 1.82) is 0 Å². The zero-order valence-electron chi connectivity index (χ0n) is 20.9. The summed E-state index contributed by atoms with van der Waals surface area (Å²) in [5.41, 5.74) is 0.891. The first kappa shape index (κ1) is 27.5. The first-order valence-electron chi connectivity index (χ1n) is 12.1. The highest BCUT2D eigenvalue weighted by atomic mass is 35.5. The highest BCUT2D eigenvalue weighted by Gasteiger charge is 2.32. The largest absolute Gasteiger partial charge is 0.508 e. The van der Waals surface area contributed by atoms with E-state index in [0.717, 1.165) is 12.0 Å². The van der Waals surface area contributed by atoms with Crippen molar-refractivity contribution in [1.82, 2.24) is 15.5 Å². The van der Waals surface area contributed by atoms with Gasteiger partial charge in [-0.3, -0.25) is 19.8 Å². The number of hydrogen-bond donors (Lipinski definition) is 3. The van der Waals surface area contributed by atoms with Gasteiger partial charge in [0.15, 0.2) is 0 Å². The van der Waals surface area contributed by atoms with Crippen LogP contribution >= 0.6 is 11.6 Å².